The van der Waals surface area contributed by atoms with Gasteiger partial charge in [-0.2, -0.15) is 0 Å². The van der Waals surface area contributed by atoms with E-state index in [1.165, 1.54) is 109 Å². The Kier molecular flexibility index (Phi) is 6.40. The van der Waals surface area contributed by atoms with Crippen molar-refractivity contribution in [3.63, 3.8) is 0 Å². The Morgan fingerprint density at radius 1 is 0.283 bits per heavy atom. The molecule has 1 aliphatic rings. The summed E-state index contributed by atoms with van der Waals surface area (Å²) in [4.78, 5) is 0. The summed E-state index contributed by atoms with van der Waals surface area (Å²) in [6.45, 7) is 4.76. The number of hydrogen-bond acceptors (Lipinski definition) is 0. The second-order valence-electron chi connectivity index (χ2n) is 15.2. The van der Waals surface area contributed by atoms with E-state index in [9.17, 15) is 0 Å². The van der Waals surface area contributed by atoms with Crippen LogP contribution in [0.1, 0.15) is 25.0 Å². The van der Waals surface area contributed by atoms with Crippen molar-refractivity contribution in [3.05, 3.63) is 193 Å². The molecule has 0 spiro atoms. The molecule has 0 heterocycles. The molecular weight excluding hydrogens is 637 g/mol. The van der Waals surface area contributed by atoms with Crippen LogP contribution in [0.3, 0.4) is 0 Å². The molecule has 53 heavy (non-hydrogen) atoms. The summed E-state index contributed by atoms with van der Waals surface area (Å²) in [5, 5.41) is 12.8. The summed E-state index contributed by atoms with van der Waals surface area (Å²) in [7, 11) is 0. The molecule has 0 radical (unpaired) electrons. The highest BCUT2D eigenvalue weighted by molar-refractivity contribution is 6.25. The van der Waals surface area contributed by atoms with Gasteiger partial charge in [-0.05, 0) is 128 Å². The van der Waals surface area contributed by atoms with Crippen molar-refractivity contribution in [3.8, 4) is 44.5 Å². The fourth-order valence-electron chi connectivity index (χ4n) is 9.54. The maximum Gasteiger partial charge on any atom is 0.0159 e. The predicted molar refractivity (Wildman–Crippen MR) is 228 cm³/mol. The average Bonchev–Trinajstić information content (AvgIpc) is 3.43. The van der Waals surface area contributed by atoms with Crippen molar-refractivity contribution in [2.75, 3.05) is 0 Å². The van der Waals surface area contributed by atoms with Gasteiger partial charge in [0.25, 0.3) is 0 Å². The van der Waals surface area contributed by atoms with E-state index in [0.717, 1.165) is 0 Å². The van der Waals surface area contributed by atoms with Crippen LogP contribution in [0.25, 0.3) is 98.4 Å². The van der Waals surface area contributed by atoms with Gasteiger partial charge in [-0.25, -0.2) is 0 Å². The summed E-state index contributed by atoms with van der Waals surface area (Å²) in [6.07, 6.45) is 0. The van der Waals surface area contributed by atoms with Crippen molar-refractivity contribution in [1.29, 1.82) is 0 Å². The van der Waals surface area contributed by atoms with Gasteiger partial charge in [-0.1, -0.05) is 178 Å². The zero-order chi connectivity index (χ0) is 35.3. The van der Waals surface area contributed by atoms with Crippen LogP contribution >= 0.6 is 0 Å². The molecule has 0 atom stereocenters. The van der Waals surface area contributed by atoms with Gasteiger partial charge in [0.15, 0.2) is 0 Å². The van der Waals surface area contributed by atoms with E-state index in [-0.39, 0.29) is 5.41 Å². The molecule has 0 heteroatoms. The standard InChI is InChI=1S/C53H36/c1-53(2)48-27-13-24-39(52(48)47-31-34-15-3-4-16-35(34)32-49(47)53)36-17-11-18-37(30-36)50-43-20-7-9-22-45(43)51(46-23-10-8-21-44(46)50)42-26-12-25-40-38-19-6-5-14-33(38)28-29-41(40)42/h3-32H,1-2H3. The Morgan fingerprint density at radius 2 is 0.830 bits per heavy atom. The molecule has 0 N–H and O–H groups in total. The normalized spacial score (nSPS) is 13.2. The summed E-state index contributed by atoms with van der Waals surface area (Å²) < 4.78 is 0. The second kappa shape index (κ2) is 11.2. The molecule has 0 bridgehead atoms. The van der Waals surface area contributed by atoms with Gasteiger partial charge in [-0.3, -0.25) is 0 Å². The summed E-state index contributed by atoms with van der Waals surface area (Å²) in [5.74, 6) is 0. The smallest absolute Gasteiger partial charge is 0.0159 e. The number of fused-ring (bicyclic) bond motifs is 9. The molecule has 0 nitrogen and oxygen atoms in total. The van der Waals surface area contributed by atoms with Crippen molar-refractivity contribution in [1.82, 2.24) is 0 Å². The van der Waals surface area contributed by atoms with Crippen molar-refractivity contribution in [2.45, 2.75) is 19.3 Å². The molecular formula is C53H36. The van der Waals surface area contributed by atoms with E-state index >= 15 is 0 Å². The van der Waals surface area contributed by atoms with Crippen LogP contribution in [0.2, 0.25) is 0 Å². The summed E-state index contributed by atoms with van der Waals surface area (Å²) in [6, 6.07) is 68.0. The molecule has 0 saturated carbocycles. The molecule has 248 valence electrons. The summed E-state index contributed by atoms with van der Waals surface area (Å²) in [5.41, 5.74) is 13.1. The molecule has 10 aromatic rings. The lowest BCUT2D eigenvalue weighted by Crippen LogP contribution is -2.14. The Balaban J connectivity index is 1.16. The third-order valence-electron chi connectivity index (χ3n) is 12.0. The molecule has 0 saturated heterocycles. The van der Waals surface area contributed by atoms with Gasteiger partial charge in [0.1, 0.15) is 0 Å². The number of hydrogen-bond donors (Lipinski definition) is 0. The zero-order valence-electron chi connectivity index (χ0n) is 29.8. The zero-order valence-corrected chi connectivity index (χ0v) is 29.8. The molecule has 10 aromatic carbocycles. The average molecular weight is 673 g/mol. The number of benzene rings is 10. The van der Waals surface area contributed by atoms with E-state index in [2.05, 4.69) is 196 Å². The molecule has 0 amide bonds. The monoisotopic (exact) mass is 672 g/mol. The largest absolute Gasteiger partial charge is 0.0616 e. The minimum atomic E-state index is -0.0849. The first-order valence-corrected chi connectivity index (χ1v) is 18.7. The summed E-state index contributed by atoms with van der Waals surface area (Å²) >= 11 is 0. The SMILES string of the molecule is CC1(C)c2cc3ccccc3cc2-c2c(-c3cccc(-c4c5ccccc5c(-c5cccc6c5ccc5ccccc56)c5ccccc45)c3)cccc21. The van der Waals surface area contributed by atoms with Crippen molar-refractivity contribution >= 4 is 53.9 Å². The molecule has 0 aliphatic heterocycles. The lowest BCUT2D eigenvalue weighted by molar-refractivity contribution is 0.661. The third-order valence-corrected chi connectivity index (χ3v) is 12.0. The topological polar surface area (TPSA) is 0 Å². The first-order valence-electron chi connectivity index (χ1n) is 18.7. The second-order valence-corrected chi connectivity index (χ2v) is 15.2. The molecule has 0 fully saturated rings. The minimum Gasteiger partial charge on any atom is -0.0616 e. The fraction of sp³-hybridized carbons (Fsp3) is 0.0566. The van der Waals surface area contributed by atoms with Gasteiger partial charge in [0.2, 0.25) is 0 Å². The van der Waals surface area contributed by atoms with Gasteiger partial charge in [-0.15, -0.1) is 0 Å². The quantitative estimate of drug-likeness (QED) is 0.129. The minimum absolute atomic E-state index is 0.0849. The van der Waals surface area contributed by atoms with Crippen molar-refractivity contribution < 1.29 is 0 Å². The van der Waals surface area contributed by atoms with Crippen molar-refractivity contribution in [2.24, 2.45) is 0 Å². The molecule has 0 aromatic heterocycles. The van der Waals surface area contributed by atoms with Gasteiger partial charge in [0.05, 0.1) is 0 Å². The Bertz CT molecular complexity index is 3080. The Hall–Kier alpha value is -6.50. The molecule has 11 rings (SSSR count). The van der Waals surface area contributed by atoms with Gasteiger partial charge in [0, 0.05) is 5.41 Å². The van der Waals surface area contributed by atoms with Crippen LogP contribution < -0.4 is 0 Å². The van der Waals surface area contributed by atoms with Crippen LogP contribution in [-0.2, 0) is 5.41 Å². The maximum atomic E-state index is 2.43. The first kappa shape index (κ1) is 30.2. The fourth-order valence-corrected chi connectivity index (χ4v) is 9.54. The van der Waals surface area contributed by atoms with Crippen LogP contribution in [0, 0.1) is 0 Å². The van der Waals surface area contributed by atoms with E-state index < -0.39 is 0 Å². The van der Waals surface area contributed by atoms with E-state index in [0.29, 0.717) is 0 Å². The molecule has 0 unspecified atom stereocenters. The number of rotatable bonds is 3. The Morgan fingerprint density at radius 3 is 1.57 bits per heavy atom. The maximum absolute atomic E-state index is 2.43. The highest BCUT2D eigenvalue weighted by Gasteiger charge is 2.37. The predicted octanol–water partition coefficient (Wildman–Crippen LogP) is 14.8. The lowest BCUT2D eigenvalue weighted by Gasteiger charge is -2.22. The van der Waals surface area contributed by atoms with Gasteiger partial charge < -0.3 is 0 Å². The van der Waals surface area contributed by atoms with Crippen LogP contribution in [0.4, 0.5) is 0 Å². The van der Waals surface area contributed by atoms with E-state index in [4.69, 9.17) is 0 Å². The van der Waals surface area contributed by atoms with Gasteiger partial charge >= 0.3 is 0 Å². The molecule has 1 aliphatic carbocycles. The third kappa shape index (κ3) is 4.36. The Labute approximate surface area is 309 Å². The van der Waals surface area contributed by atoms with Crippen LogP contribution in [0.5, 0.6) is 0 Å². The van der Waals surface area contributed by atoms with Crippen LogP contribution in [0.15, 0.2) is 182 Å². The lowest BCUT2D eigenvalue weighted by atomic mass is 9.81. The van der Waals surface area contributed by atoms with E-state index in [1.807, 2.05) is 0 Å². The highest BCUT2D eigenvalue weighted by atomic mass is 14.4. The first-order chi connectivity index (χ1) is 26.1. The highest BCUT2D eigenvalue weighted by Crippen LogP contribution is 2.54. The van der Waals surface area contributed by atoms with E-state index in [1.54, 1.807) is 0 Å². The van der Waals surface area contributed by atoms with Crippen LogP contribution in [-0.4, -0.2) is 0 Å².